The quantitative estimate of drug-likeness (QED) is 0.244. The topological polar surface area (TPSA) is 58.2 Å². The second kappa shape index (κ2) is 10.2. The zero-order valence-corrected chi connectivity index (χ0v) is 21.7. The number of hydrogen-bond donors (Lipinski definition) is 1. The lowest BCUT2D eigenvalue weighted by molar-refractivity contribution is 0.0730. The van der Waals surface area contributed by atoms with Crippen LogP contribution in [0.3, 0.4) is 0 Å². The summed E-state index contributed by atoms with van der Waals surface area (Å²) in [4.78, 5) is 15.6. The average Bonchev–Trinajstić information content (AvgIpc) is 3.49. The maximum Gasteiger partial charge on any atom is 0.273 e. The molecule has 1 N–H and O–H groups in total. The summed E-state index contributed by atoms with van der Waals surface area (Å²) in [6.07, 6.45) is 0. The largest absolute Gasteiger partial charge is 0.489 e. The number of carbonyl (C=O) groups is 1. The third kappa shape index (κ3) is 4.69. The normalized spacial score (nSPS) is 14.5. The van der Waals surface area contributed by atoms with Crippen LogP contribution in [0.5, 0.6) is 5.75 Å². The summed E-state index contributed by atoms with van der Waals surface area (Å²) in [5, 5.41) is 8.31. The van der Waals surface area contributed by atoms with E-state index < -0.39 is 0 Å². The number of carbonyl (C=O) groups excluding carboxylic acids is 1. The summed E-state index contributed by atoms with van der Waals surface area (Å²) in [6.45, 7) is 3.00. The SMILES string of the molecule is Cc1ccc(CN2C(=O)c3[nH]nc(-c4ccccc4)c3C2c2ccc(OCc3ccc(Cl)cc3)cc2)cc1. The van der Waals surface area contributed by atoms with Gasteiger partial charge in [0.05, 0.1) is 11.7 Å². The van der Waals surface area contributed by atoms with Crippen molar-refractivity contribution in [2.75, 3.05) is 0 Å². The van der Waals surface area contributed by atoms with Gasteiger partial charge in [0.25, 0.3) is 5.91 Å². The van der Waals surface area contributed by atoms with Crippen molar-refractivity contribution in [2.24, 2.45) is 0 Å². The van der Waals surface area contributed by atoms with E-state index in [4.69, 9.17) is 16.3 Å². The predicted octanol–water partition coefficient (Wildman–Crippen LogP) is 7.36. The molecule has 0 saturated carbocycles. The second-order valence-electron chi connectivity index (χ2n) is 9.53. The molecule has 0 radical (unpaired) electrons. The lowest BCUT2D eigenvalue weighted by Crippen LogP contribution is -2.29. The van der Waals surface area contributed by atoms with Crippen LogP contribution in [0, 0.1) is 6.92 Å². The number of amides is 1. The van der Waals surface area contributed by atoms with Gasteiger partial charge in [0.2, 0.25) is 0 Å². The highest BCUT2D eigenvalue weighted by atomic mass is 35.5. The molecule has 6 rings (SSSR count). The molecule has 1 aromatic heterocycles. The molecule has 0 saturated heterocycles. The van der Waals surface area contributed by atoms with Gasteiger partial charge in [-0.25, -0.2) is 0 Å². The highest BCUT2D eigenvalue weighted by Gasteiger charge is 2.42. The van der Waals surface area contributed by atoms with Crippen molar-refractivity contribution in [3.63, 3.8) is 0 Å². The van der Waals surface area contributed by atoms with Crippen LogP contribution < -0.4 is 4.74 Å². The van der Waals surface area contributed by atoms with E-state index in [0.717, 1.165) is 39.3 Å². The van der Waals surface area contributed by atoms with Crippen LogP contribution in [0.1, 0.15) is 44.3 Å². The summed E-state index contributed by atoms with van der Waals surface area (Å²) < 4.78 is 6.01. The van der Waals surface area contributed by atoms with Crippen molar-refractivity contribution in [1.29, 1.82) is 0 Å². The molecular formula is C32H26ClN3O2. The lowest BCUT2D eigenvalue weighted by Gasteiger charge is -2.27. The molecule has 0 bridgehead atoms. The van der Waals surface area contributed by atoms with Gasteiger partial charge in [-0.15, -0.1) is 0 Å². The molecule has 38 heavy (non-hydrogen) atoms. The average molecular weight is 520 g/mol. The highest BCUT2D eigenvalue weighted by Crippen LogP contribution is 2.43. The Balaban J connectivity index is 1.33. The standard InChI is InChI=1S/C32H26ClN3O2/c1-21-7-9-22(10-8-21)19-36-31(28-29(24-5-3-2-4-6-24)34-35-30(28)32(36)37)25-13-17-27(18-14-25)38-20-23-11-15-26(33)16-12-23/h2-18,31H,19-20H2,1H3,(H,34,35). The Bertz CT molecular complexity index is 1560. The van der Waals surface area contributed by atoms with Gasteiger partial charge in [0.15, 0.2) is 0 Å². The summed E-state index contributed by atoms with van der Waals surface area (Å²) in [7, 11) is 0. The van der Waals surface area contributed by atoms with Gasteiger partial charge in [0.1, 0.15) is 18.1 Å². The first-order valence-electron chi connectivity index (χ1n) is 12.5. The number of nitrogens with one attached hydrogen (secondary N) is 1. The Hall–Kier alpha value is -4.35. The molecule has 0 spiro atoms. The summed E-state index contributed by atoms with van der Waals surface area (Å²) in [5.74, 6) is 0.706. The van der Waals surface area contributed by atoms with Gasteiger partial charge in [-0.1, -0.05) is 96.0 Å². The van der Waals surface area contributed by atoms with Crippen molar-refractivity contribution >= 4 is 17.5 Å². The Morgan fingerprint density at radius 3 is 2.26 bits per heavy atom. The molecule has 1 unspecified atom stereocenters. The van der Waals surface area contributed by atoms with E-state index in [2.05, 4.69) is 41.4 Å². The number of aromatic amines is 1. The van der Waals surface area contributed by atoms with Crippen molar-refractivity contribution in [3.05, 3.63) is 142 Å². The molecule has 0 fully saturated rings. The molecule has 6 heteroatoms. The number of H-pyrrole nitrogens is 1. The molecule has 1 atom stereocenters. The summed E-state index contributed by atoms with van der Waals surface area (Å²) >= 11 is 5.99. The number of nitrogens with zero attached hydrogens (tertiary/aromatic N) is 2. The minimum Gasteiger partial charge on any atom is -0.489 e. The van der Waals surface area contributed by atoms with Gasteiger partial charge in [0, 0.05) is 22.7 Å². The number of hydrogen-bond acceptors (Lipinski definition) is 3. The number of benzene rings is 4. The van der Waals surface area contributed by atoms with Crippen LogP contribution in [-0.4, -0.2) is 21.0 Å². The molecule has 0 aliphatic carbocycles. The van der Waals surface area contributed by atoms with E-state index in [1.54, 1.807) is 0 Å². The van der Waals surface area contributed by atoms with Crippen molar-refractivity contribution < 1.29 is 9.53 Å². The van der Waals surface area contributed by atoms with Crippen LogP contribution in [0.2, 0.25) is 5.02 Å². The molecule has 1 amide bonds. The molecule has 188 valence electrons. The van der Waals surface area contributed by atoms with E-state index in [0.29, 0.717) is 23.9 Å². The molecule has 1 aliphatic heterocycles. The van der Waals surface area contributed by atoms with Crippen LogP contribution in [0.4, 0.5) is 0 Å². The Labute approximate surface area is 226 Å². The van der Waals surface area contributed by atoms with E-state index in [1.807, 2.05) is 83.8 Å². The fourth-order valence-electron chi connectivity index (χ4n) is 4.91. The lowest BCUT2D eigenvalue weighted by atomic mass is 9.96. The molecule has 1 aliphatic rings. The Kier molecular flexibility index (Phi) is 6.44. The van der Waals surface area contributed by atoms with Crippen LogP contribution in [0.25, 0.3) is 11.3 Å². The third-order valence-corrected chi connectivity index (χ3v) is 7.15. The van der Waals surface area contributed by atoms with Gasteiger partial charge >= 0.3 is 0 Å². The highest BCUT2D eigenvalue weighted by molar-refractivity contribution is 6.30. The maximum absolute atomic E-state index is 13.7. The smallest absolute Gasteiger partial charge is 0.273 e. The first-order chi connectivity index (χ1) is 18.6. The zero-order chi connectivity index (χ0) is 26.1. The van der Waals surface area contributed by atoms with Crippen LogP contribution in [0.15, 0.2) is 103 Å². The fraction of sp³-hybridized carbons (Fsp3) is 0.125. The predicted molar refractivity (Wildman–Crippen MR) is 149 cm³/mol. The first-order valence-corrected chi connectivity index (χ1v) is 12.9. The number of rotatable bonds is 7. The molecular weight excluding hydrogens is 494 g/mol. The number of ether oxygens (including phenoxy) is 1. The zero-order valence-electron chi connectivity index (χ0n) is 20.9. The first kappa shape index (κ1) is 24.0. The van der Waals surface area contributed by atoms with E-state index in [-0.39, 0.29) is 11.9 Å². The maximum atomic E-state index is 13.7. The van der Waals surface area contributed by atoms with E-state index >= 15 is 0 Å². The second-order valence-corrected chi connectivity index (χ2v) is 9.97. The van der Waals surface area contributed by atoms with Gasteiger partial charge < -0.3 is 9.64 Å². The van der Waals surface area contributed by atoms with Gasteiger partial charge in [-0.2, -0.15) is 5.10 Å². The van der Waals surface area contributed by atoms with E-state index in [9.17, 15) is 4.79 Å². The Morgan fingerprint density at radius 1 is 0.868 bits per heavy atom. The molecule has 2 heterocycles. The van der Waals surface area contributed by atoms with E-state index in [1.165, 1.54) is 5.56 Å². The Morgan fingerprint density at radius 2 is 1.55 bits per heavy atom. The number of aryl methyl sites for hydroxylation is 1. The minimum atomic E-state index is -0.280. The monoisotopic (exact) mass is 519 g/mol. The van der Waals surface area contributed by atoms with Gasteiger partial charge in [-0.05, 0) is 47.9 Å². The van der Waals surface area contributed by atoms with Crippen LogP contribution >= 0.6 is 11.6 Å². The fourth-order valence-corrected chi connectivity index (χ4v) is 5.03. The minimum absolute atomic E-state index is 0.0525. The number of aromatic nitrogens is 2. The van der Waals surface area contributed by atoms with Crippen molar-refractivity contribution in [1.82, 2.24) is 15.1 Å². The van der Waals surface area contributed by atoms with Gasteiger partial charge in [-0.3, -0.25) is 9.89 Å². The molecule has 4 aromatic carbocycles. The number of halogens is 1. The summed E-state index contributed by atoms with van der Waals surface area (Å²) in [5.41, 5.74) is 7.54. The summed E-state index contributed by atoms with van der Waals surface area (Å²) in [6, 6.07) is 33.6. The molecule has 5 aromatic rings. The van der Waals surface area contributed by atoms with Crippen molar-refractivity contribution in [3.8, 4) is 17.0 Å². The van der Waals surface area contributed by atoms with Crippen LogP contribution in [-0.2, 0) is 13.2 Å². The number of fused-ring (bicyclic) bond motifs is 1. The van der Waals surface area contributed by atoms with Crippen molar-refractivity contribution in [2.45, 2.75) is 26.1 Å². The third-order valence-electron chi connectivity index (χ3n) is 6.90. The molecule has 5 nitrogen and oxygen atoms in total.